The lowest BCUT2D eigenvalue weighted by molar-refractivity contribution is 0.601. The monoisotopic (exact) mass is 277 g/mol. The highest BCUT2D eigenvalue weighted by Gasteiger charge is 2.16. The van der Waals surface area contributed by atoms with Crippen LogP contribution in [0.5, 0.6) is 0 Å². The second-order valence-corrected chi connectivity index (χ2v) is 6.06. The molecule has 2 aromatic rings. The van der Waals surface area contributed by atoms with E-state index in [1.165, 1.54) is 12.3 Å². The molecular formula is C13H15N3O2S. The number of aryl methyl sites for hydroxylation is 2. The Balaban J connectivity index is 2.41. The lowest BCUT2D eigenvalue weighted by Gasteiger charge is -2.11. The van der Waals surface area contributed by atoms with Crippen molar-refractivity contribution in [2.24, 2.45) is 0 Å². The summed E-state index contributed by atoms with van der Waals surface area (Å²) in [5, 5.41) is 0. The molecule has 0 saturated carbocycles. The van der Waals surface area contributed by atoms with Crippen LogP contribution in [0.4, 0.5) is 11.4 Å². The van der Waals surface area contributed by atoms with Crippen molar-refractivity contribution in [1.29, 1.82) is 0 Å². The lowest BCUT2D eigenvalue weighted by Crippen LogP contribution is -2.14. The number of hydrogen-bond donors (Lipinski definition) is 2. The zero-order valence-electron chi connectivity index (χ0n) is 10.7. The molecule has 0 bridgehead atoms. The number of rotatable bonds is 3. The third-order valence-electron chi connectivity index (χ3n) is 2.65. The summed E-state index contributed by atoms with van der Waals surface area (Å²) < 4.78 is 27.1. The second kappa shape index (κ2) is 4.89. The summed E-state index contributed by atoms with van der Waals surface area (Å²) in [6.07, 6.45) is 3.14. The molecule has 6 heteroatoms. The SMILES string of the molecule is Cc1cc(N)cc(S(=O)(=O)Nc2ccncc2C)c1. The van der Waals surface area contributed by atoms with Crippen LogP contribution in [-0.4, -0.2) is 13.4 Å². The summed E-state index contributed by atoms with van der Waals surface area (Å²) in [5.74, 6) is 0. The fraction of sp³-hybridized carbons (Fsp3) is 0.154. The average Bonchev–Trinajstić information content (AvgIpc) is 2.31. The van der Waals surface area contributed by atoms with Crippen molar-refractivity contribution < 1.29 is 8.42 Å². The zero-order valence-corrected chi connectivity index (χ0v) is 11.5. The Hall–Kier alpha value is -2.08. The number of benzene rings is 1. The van der Waals surface area contributed by atoms with Gasteiger partial charge in [0.2, 0.25) is 0 Å². The lowest BCUT2D eigenvalue weighted by atomic mass is 10.2. The predicted octanol–water partition coefficient (Wildman–Crippen LogP) is 2.08. The van der Waals surface area contributed by atoms with Crippen LogP contribution in [-0.2, 0) is 10.0 Å². The normalized spacial score (nSPS) is 11.3. The van der Waals surface area contributed by atoms with Gasteiger partial charge in [0.05, 0.1) is 10.6 Å². The van der Waals surface area contributed by atoms with Gasteiger partial charge in [0.15, 0.2) is 0 Å². The Kier molecular flexibility index (Phi) is 3.44. The Bertz CT molecular complexity index is 691. The van der Waals surface area contributed by atoms with Crippen LogP contribution < -0.4 is 10.5 Å². The van der Waals surface area contributed by atoms with Crippen LogP contribution in [0.25, 0.3) is 0 Å². The summed E-state index contributed by atoms with van der Waals surface area (Å²) in [6.45, 7) is 3.59. The fourth-order valence-electron chi connectivity index (χ4n) is 1.72. The molecule has 0 atom stereocenters. The topological polar surface area (TPSA) is 85.1 Å². The van der Waals surface area contributed by atoms with Crippen molar-refractivity contribution in [3.8, 4) is 0 Å². The van der Waals surface area contributed by atoms with Crippen LogP contribution >= 0.6 is 0 Å². The van der Waals surface area contributed by atoms with E-state index >= 15 is 0 Å². The molecule has 0 aliphatic heterocycles. The Labute approximate surface area is 112 Å². The molecule has 0 aliphatic carbocycles. The first kappa shape index (κ1) is 13.4. The van der Waals surface area contributed by atoms with Gasteiger partial charge < -0.3 is 5.73 Å². The van der Waals surface area contributed by atoms with Crippen LogP contribution in [0, 0.1) is 13.8 Å². The largest absolute Gasteiger partial charge is 0.399 e. The number of aromatic nitrogens is 1. The first-order valence-corrected chi connectivity index (χ1v) is 7.17. The van der Waals surface area contributed by atoms with E-state index in [4.69, 9.17) is 5.73 Å². The van der Waals surface area contributed by atoms with E-state index in [0.717, 1.165) is 11.1 Å². The summed E-state index contributed by atoms with van der Waals surface area (Å²) in [6, 6.07) is 6.35. The molecular weight excluding hydrogens is 262 g/mol. The highest BCUT2D eigenvalue weighted by Crippen LogP contribution is 2.21. The van der Waals surface area contributed by atoms with Gasteiger partial charge in [0, 0.05) is 18.1 Å². The van der Waals surface area contributed by atoms with E-state index in [1.54, 1.807) is 38.2 Å². The number of nitrogens with one attached hydrogen (secondary N) is 1. The molecule has 0 unspecified atom stereocenters. The maximum atomic E-state index is 12.3. The third-order valence-corrected chi connectivity index (χ3v) is 3.99. The van der Waals surface area contributed by atoms with Crippen molar-refractivity contribution in [3.63, 3.8) is 0 Å². The van der Waals surface area contributed by atoms with Crippen molar-refractivity contribution in [2.45, 2.75) is 18.7 Å². The number of anilines is 2. The molecule has 0 saturated heterocycles. The van der Waals surface area contributed by atoms with Gasteiger partial charge >= 0.3 is 0 Å². The molecule has 100 valence electrons. The minimum atomic E-state index is -3.64. The second-order valence-electron chi connectivity index (χ2n) is 4.38. The molecule has 0 fully saturated rings. The molecule has 0 radical (unpaired) electrons. The quantitative estimate of drug-likeness (QED) is 0.841. The molecule has 19 heavy (non-hydrogen) atoms. The number of sulfonamides is 1. The summed E-state index contributed by atoms with van der Waals surface area (Å²) in [4.78, 5) is 4.07. The van der Waals surface area contributed by atoms with E-state index < -0.39 is 10.0 Å². The molecule has 0 aliphatic rings. The number of nitrogens with two attached hydrogens (primary N) is 1. The number of hydrogen-bond acceptors (Lipinski definition) is 4. The highest BCUT2D eigenvalue weighted by molar-refractivity contribution is 7.92. The van der Waals surface area contributed by atoms with Crippen LogP contribution in [0.1, 0.15) is 11.1 Å². The fourth-order valence-corrected chi connectivity index (χ4v) is 2.99. The standard InChI is InChI=1S/C13H15N3O2S/c1-9-5-11(14)7-12(6-9)19(17,18)16-13-3-4-15-8-10(13)2/h3-8H,14H2,1-2H3,(H,15,16). The molecule has 1 heterocycles. The number of nitrogen functional groups attached to an aromatic ring is 1. The minimum absolute atomic E-state index is 0.154. The van der Waals surface area contributed by atoms with Gasteiger partial charge in [-0.1, -0.05) is 0 Å². The maximum absolute atomic E-state index is 12.3. The van der Waals surface area contributed by atoms with E-state index in [9.17, 15) is 8.42 Å². The minimum Gasteiger partial charge on any atom is -0.399 e. The van der Waals surface area contributed by atoms with Crippen molar-refractivity contribution in [1.82, 2.24) is 4.98 Å². The first-order valence-electron chi connectivity index (χ1n) is 5.69. The average molecular weight is 277 g/mol. The summed E-state index contributed by atoms with van der Waals surface area (Å²) >= 11 is 0. The van der Waals surface area contributed by atoms with E-state index in [1.807, 2.05) is 0 Å². The molecule has 5 nitrogen and oxygen atoms in total. The van der Waals surface area contributed by atoms with E-state index in [-0.39, 0.29) is 4.90 Å². The van der Waals surface area contributed by atoms with Crippen molar-refractivity contribution in [3.05, 3.63) is 47.8 Å². The highest BCUT2D eigenvalue weighted by atomic mass is 32.2. The van der Waals surface area contributed by atoms with Crippen LogP contribution in [0.3, 0.4) is 0 Å². The van der Waals surface area contributed by atoms with Crippen LogP contribution in [0.2, 0.25) is 0 Å². The summed E-state index contributed by atoms with van der Waals surface area (Å²) in [5.41, 5.74) is 8.16. The Morgan fingerprint density at radius 2 is 1.95 bits per heavy atom. The first-order chi connectivity index (χ1) is 8.88. The zero-order chi connectivity index (χ0) is 14.0. The van der Waals surface area contributed by atoms with E-state index in [2.05, 4.69) is 9.71 Å². The smallest absolute Gasteiger partial charge is 0.261 e. The third kappa shape index (κ3) is 3.03. The van der Waals surface area contributed by atoms with Gasteiger partial charge in [-0.05, 0) is 49.2 Å². The van der Waals surface area contributed by atoms with Gasteiger partial charge in [0.25, 0.3) is 10.0 Å². The predicted molar refractivity (Wildman–Crippen MR) is 75.4 cm³/mol. The molecule has 0 spiro atoms. The van der Waals surface area contributed by atoms with Crippen molar-refractivity contribution in [2.75, 3.05) is 10.5 Å². The van der Waals surface area contributed by atoms with Gasteiger partial charge in [-0.15, -0.1) is 0 Å². The molecule has 1 aromatic carbocycles. The van der Waals surface area contributed by atoms with Gasteiger partial charge in [-0.3, -0.25) is 9.71 Å². The molecule has 2 rings (SSSR count). The Morgan fingerprint density at radius 3 is 2.58 bits per heavy atom. The van der Waals surface area contributed by atoms with Gasteiger partial charge in [0.1, 0.15) is 0 Å². The van der Waals surface area contributed by atoms with Crippen LogP contribution in [0.15, 0.2) is 41.6 Å². The number of pyridine rings is 1. The van der Waals surface area contributed by atoms with Gasteiger partial charge in [-0.2, -0.15) is 0 Å². The Morgan fingerprint density at radius 1 is 1.21 bits per heavy atom. The molecule has 0 amide bonds. The molecule has 3 N–H and O–H groups in total. The van der Waals surface area contributed by atoms with Gasteiger partial charge in [-0.25, -0.2) is 8.42 Å². The molecule has 1 aromatic heterocycles. The maximum Gasteiger partial charge on any atom is 0.261 e. The van der Waals surface area contributed by atoms with Crippen molar-refractivity contribution >= 4 is 21.4 Å². The van der Waals surface area contributed by atoms with E-state index in [0.29, 0.717) is 11.4 Å². The summed E-state index contributed by atoms with van der Waals surface area (Å²) in [7, 11) is -3.64. The number of nitrogens with zero attached hydrogens (tertiary/aromatic N) is 1.